The number of carbonyl (C=O) groups excluding carboxylic acids is 1. The Morgan fingerprint density at radius 1 is 1.23 bits per heavy atom. The molecule has 0 fully saturated rings. The van der Waals surface area contributed by atoms with Crippen LogP contribution < -0.4 is 5.73 Å². The minimum atomic E-state index is -4.14. The van der Waals surface area contributed by atoms with E-state index in [2.05, 4.69) is 0 Å². The van der Waals surface area contributed by atoms with Gasteiger partial charge < -0.3 is 5.73 Å². The van der Waals surface area contributed by atoms with E-state index in [0.717, 1.165) is 21.5 Å². The highest BCUT2D eigenvalue weighted by atomic mass is 32.2. The summed E-state index contributed by atoms with van der Waals surface area (Å²) in [6.07, 6.45) is 0.165. The van der Waals surface area contributed by atoms with Crippen LogP contribution in [0.15, 0.2) is 47.4 Å². The Hall–Kier alpha value is -2.78. The number of fused-ring (bicyclic) bond motifs is 1. The number of carbonyl (C=O) groups is 1. The summed E-state index contributed by atoms with van der Waals surface area (Å²) in [5, 5.41) is 11.1. The molecule has 0 spiro atoms. The zero-order valence-electron chi connectivity index (χ0n) is 14.0. The molecule has 2 aromatic rings. The number of benzene rings is 2. The van der Waals surface area contributed by atoms with Crippen LogP contribution in [0, 0.1) is 17.0 Å². The molecule has 9 heteroatoms. The number of primary amides is 1. The molecular formula is C17H17N3O5S. The highest BCUT2D eigenvalue weighted by molar-refractivity contribution is 7.89. The molecule has 0 saturated heterocycles. The topological polar surface area (TPSA) is 124 Å². The number of amides is 1. The van der Waals surface area contributed by atoms with E-state index in [1.165, 1.54) is 19.1 Å². The summed E-state index contributed by atoms with van der Waals surface area (Å²) in [5.41, 5.74) is 7.13. The number of hydrogen-bond acceptors (Lipinski definition) is 5. The van der Waals surface area contributed by atoms with Crippen molar-refractivity contribution in [3.8, 4) is 0 Å². The van der Waals surface area contributed by atoms with Gasteiger partial charge in [0, 0.05) is 18.2 Å². The van der Waals surface area contributed by atoms with Gasteiger partial charge in [-0.3, -0.25) is 14.9 Å². The number of hydrogen-bond donors (Lipinski definition) is 1. The van der Waals surface area contributed by atoms with E-state index in [4.69, 9.17) is 5.73 Å². The SMILES string of the molecule is Cc1ccc(S(=O)(=O)N2Cc3ccccc3C[C@H]2C(N)=O)cc1[N+](=O)[O-]. The van der Waals surface area contributed by atoms with E-state index >= 15 is 0 Å². The molecule has 1 heterocycles. The van der Waals surface area contributed by atoms with Crippen molar-refractivity contribution in [2.45, 2.75) is 30.8 Å². The average molecular weight is 375 g/mol. The second-order valence-electron chi connectivity index (χ2n) is 6.15. The minimum absolute atomic E-state index is 0.0201. The van der Waals surface area contributed by atoms with Crippen molar-refractivity contribution in [1.29, 1.82) is 0 Å². The molecule has 0 saturated carbocycles. The first-order valence-corrected chi connectivity index (χ1v) is 9.29. The number of rotatable bonds is 4. The maximum atomic E-state index is 13.1. The van der Waals surface area contributed by atoms with Gasteiger partial charge in [0.1, 0.15) is 6.04 Å². The number of nitro benzene ring substituents is 1. The fourth-order valence-corrected chi connectivity index (χ4v) is 4.67. The van der Waals surface area contributed by atoms with E-state index in [9.17, 15) is 23.3 Å². The van der Waals surface area contributed by atoms with Gasteiger partial charge in [-0.15, -0.1) is 0 Å². The molecule has 3 rings (SSSR count). The van der Waals surface area contributed by atoms with E-state index < -0.39 is 26.9 Å². The van der Waals surface area contributed by atoms with E-state index in [-0.39, 0.29) is 23.5 Å². The molecular weight excluding hydrogens is 358 g/mol. The predicted octanol–water partition coefficient (Wildman–Crippen LogP) is 1.50. The van der Waals surface area contributed by atoms with Crippen molar-refractivity contribution in [3.05, 3.63) is 69.3 Å². The molecule has 0 aromatic heterocycles. The lowest BCUT2D eigenvalue weighted by atomic mass is 9.96. The number of nitrogens with two attached hydrogens (primary N) is 1. The number of sulfonamides is 1. The molecule has 136 valence electrons. The van der Waals surface area contributed by atoms with Gasteiger partial charge >= 0.3 is 0 Å². The molecule has 1 atom stereocenters. The Labute approximate surface area is 150 Å². The molecule has 26 heavy (non-hydrogen) atoms. The average Bonchev–Trinajstić information content (AvgIpc) is 2.60. The van der Waals surface area contributed by atoms with Crippen LogP contribution >= 0.6 is 0 Å². The van der Waals surface area contributed by atoms with Crippen molar-refractivity contribution in [2.75, 3.05) is 0 Å². The Kier molecular flexibility index (Phi) is 4.51. The molecule has 0 bridgehead atoms. The fourth-order valence-electron chi connectivity index (χ4n) is 3.08. The van der Waals surface area contributed by atoms with Crippen molar-refractivity contribution in [2.24, 2.45) is 5.73 Å². The number of aryl methyl sites for hydroxylation is 1. The van der Waals surface area contributed by atoms with Gasteiger partial charge in [-0.2, -0.15) is 4.31 Å². The molecule has 0 radical (unpaired) electrons. The summed E-state index contributed by atoms with van der Waals surface area (Å²) < 4.78 is 27.2. The Morgan fingerprint density at radius 2 is 1.88 bits per heavy atom. The van der Waals surface area contributed by atoms with Crippen molar-refractivity contribution >= 4 is 21.6 Å². The van der Waals surface area contributed by atoms with Crippen molar-refractivity contribution < 1.29 is 18.1 Å². The molecule has 1 aliphatic rings. The van der Waals surface area contributed by atoms with Gasteiger partial charge in [-0.1, -0.05) is 30.3 Å². The summed E-state index contributed by atoms with van der Waals surface area (Å²) in [6, 6.07) is 9.85. The first kappa shape index (κ1) is 18.0. The first-order valence-electron chi connectivity index (χ1n) is 7.85. The van der Waals surface area contributed by atoms with Crippen LogP contribution in [-0.4, -0.2) is 29.6 Å². The van der Waals surface area contributed by atoms with E-state index in [1.807, 2.05) is 12.1 Å². The summed E-state index contributed by atoms with van der Waals surface area (Å²) in [7, 11) is -4.14. The minimum Gasteiger partial charge on any atom is -0.368 e. The zero-order chi connectivity index (χ0) is 19.1. The van der Waals surface area contributed by atoms with Gasteiger partial charge in [-0.05, 0) is 30.5 Å². The Bertz CT molecular complexity index is 1000. The third kappa shape index (κ3) is 3.06. The summed E-state index contributed by atoms with van der Waals surface area (Å²) in [4.78, 5) is 22.2. The highest BCUT2D eigenvalue weighted by Gasteiger charge is 2.39. The quantitative estimate of drug-likeness (QED) is 0.641. The number of nitrogens with zero attached hydrogens (tertiary/aromatic N) is 2. The van der Waals surface area contributed by atoms with Crippen LogP contribution in [0.2, 0.25) is 0 Å². The van der Waals surface area contributed by atoms with Crippen LogP contribution in [0.1, 0.15) is 16.7 Å². The van der Waals surface area contributed by atoms with Crippen molar-refractivity contribution in [1.82, 2.24) is 4.31 Å². The van der Waals surface area contributed by atoms with Crippen LogP contribution in [0.5, 0.6) is 0 Å². The monoisotopic (exact) mass is 375 g/mol. The Balaban J connectivity index is 2.09. The summed E-state index contributed by atoms with van der Waals surface area (Å²) in [6.45, 7) is 1.51. The van der Waals surface area contributed by atoms with Gasteiger partial charge in [0.05, 0.1) is 9.82 Å². The van der Waals surface area contributed by atoms with Gasteiger partial charge in [0.2, 0.25) is 15.9 Å². The molecule has 8 nitrogen and oxygen atoms in total. The van der Waals surface area contributed by atoms with Crippen LogP contribution in [0.25, 0.3) is 0 Å². The maximum Gasteiger partial charge on any atom is 0.273 e. The summed E-state index contributed by atoms with van der Waals surface area (Å²) in [5.74, 6) is -0.760. The normalized spacial score (nSPS) is 17.5. The maximum absolute atomic E-state index is 13.1. The van der Waals surface area contributed by atoms with Crippen LogP contribution in [-0.2, 0) is 27.8 Å². The lowest BCUT2D eigenvalue weighted by Gasteiger charge is -2.34. The highest BCUT2D eigenvalue weighted by Crippen LogP contribution is 2.31. The molecule has 0 aliphatic carbocycles. The van der Waals surface area contributed by atoms with Gasteiger partial charge in [-0.25, -0.2) is 8.42 Å². The van der Waals surface area contributed by atoms with E-state index in [1.54, 1.807) is 12.1 Å². The molecule has 1 aliphatic heterocycles. The van der Waals surface area contributed by atoms with Gasteiger partial charge in [0.25, 0.3) is 5.69 Å². The zero-order valence-corrected chi connectivity index (χ0v) is 14.8. The van der Waals surface area contributed by atoms with E-state index in [0.29, 0.717) is 5.56 Å². The molecule has 2 aromatic carbocycles. The third-order valence-electron chi connectivity index (χ3n) is 4.52. The second kappa shape index (κ2) is 6.50. The summed E-state index contributed by atoms with van der Waals surface area (Å²) >= 11 is 0. The second-order valence-corrected chi connectivity index (χ2v) is 8.04. The molecule has 1 amide bonds. The first-order chi connectivity index (χ1) is 12.2. The van der Waals surface area contributed by atoms with Crippen LogP contribution in [0.3, 0.4) is 0 Å². The fraction of sp³-hybridized carbons (Fsp3) is 0.235. The van der Waals surface area contributed by atoms with Gasteiger partial charge in [0.15, 0.2) is 0 Å². The molecule has 2 N–H and O–H groups in total. The standard InChI is InChI=1S/C17H17N3O5S/c1-11-6-7-14(9-15(11)20(22)23)26(24,25)19-10-13-5-3-2-4-12(13)8-16(19)17(18)21/h2-7,9,16H,8,10H2,1H3,(H2,18,21)/t16-/m0/s1. The smallest absolute Gasteiger partial charge is 0.273 e. The number of nitro groups is 1. The lowest BCUT2D eigenvalue weighted by Crippen LogP contribution is -2.51. The third-order valence-corrected chi connectivity index (χ3v) is 6.37. The largest absolute Gasteiger partial charge is 0.368 e. The van der Waals surface area contributed by atoms with Crippen LogP contribution in [0.4, 0.5) is 5.69 Å². The predicted molar refractivity (Wildman–Crippen MR) is 93.7 cm³/mol. The Morgan fingerprint density at radius 3 is 2.50 bits per heavy atom. The van der Waals surface area contributed by atoms with Crippen molar-refractivity contribution in [3.63, 3.8) is 0 Å². The lowest BCUT2D eigenvalue weighted by molar-refractivity contribution is -0.385. The molecule has 0 unspecified atom stereocenters.